The first-order valence-electron chi connectivity index (χ1n) is 6.24. The molecule has 19 heavy (non-hydrogen) atoms. The van der Waals surface area contributed by atoms with Gasteiger partial charge in [-0.05, 0) is 18.1 Å². The Morgan fingerprint density at radius 2 is 2.11 bits per heavy atom. The molecule has 1 heterocycles. The quantitative estimate of drug-likeness (QED) is 0.879. The molecule has 0 bridgehead atoms. The molecule has 2 unspecified atom stereocenters. The fourth-order valence-corrected chi connectivity index (χ4v) is 2.77. The molecule has 0 saturated carbocycles. The molecule has 0 aromatic heterocycles. The van der Waals surface area contributed by atoms with Crippen molar-refractivity contribution in [1.29, 1.82) is 0 Å². The van der Waals surface area contributed by atoms with Crippen molar-refractivity contribution >= 4 is 5.91 Å². The summed E-state index contributed by atoms with van der Waals surface area (Å²) in [6, 6.07) is 5.15. The molecule has 0 radical (unpaired) electrons. The number of alkyl halides is 3. The first-order chi connectivity index (χ1) is 8.77. The highest BCUT2D eigenvalue weighted by atomic mass is 19.4. The third-order valence-corrected chi connectivity index (χ3v) is 3.89. The summed E-state index contributed by atoms with van der Waals surface area (Å²) < 4.78 is 38.3. The minimum atomic E-state index is -4.36. The lowest BCUT2D eigenvalue weighted by Crippen LogP contribution is -2.37. The summed E-state index contributed by atoms with van der Waals surface area (Å²) in [6.07, 6.45) is -3.44. The summed E-state index contributed by atoms with van der Waals surface area (Å²) in [5.41, 5.74) is -0.680. The molecule has 2 rings (SSSR count). The molecular formula is C14H16F3NO. The van der Waals surface area contributed by atoms with Gasteiger partial charge >= 0.3 is 6.18 Å². The van der Waals surface area contributed by atoms with Crippen LogP contribution < -0.4 is 5.32 Å². The maximum atomic E-state index is 12.8. The van der Waals surface area contributed by atoms with Crippen LogP contribution in [0.2, 0.25) is 0 Å². The first kappa shape index (κ1) is 13.9. The Labute approximate surface area is 110 Å². The summed E-state index contributed by atoms with van der Waals surface area (Å²) in [4.78, 5) is 11.5. The molecule has 1 fully saturated rings. The van der Waals surface area contributed by atoms with Gasteiger partial charge in [0.25, 0.3) is 0 Å². The van der Waals surface area contributed by atoms with E-state index in [0.29, 0.717) is 12.0 Å². The number of hydrogen-bond donors (Lipinski definition) is 1. The lowest BCUT2D eigenvalue weighted by Gasteiger charge is -2.30. The lowest BCUT2D eigenvalue weighted by molar-refractivity contribution is -0.137. The van der Waals surface area contributed by atoms with E-state index in [0.717, 1.165) is 12.1 Å². The molecule has 1 aliphatic rings. The third-order valence-electron chi connectivity index (χ3n) is 3.89. The Hall–Kier alpha value is -1.52. The van der Waals surface area contributed by atoms with E-state index in [4.69, 9.17) is 0 Å². The van der Waals surface area contributed by atoms with Crippen molar-refractivity contribution in [3.8, 4) is 0 Å². The van der Waals surface area contributed by atoms with Crippen LogP contribution in [-0.4, -0.2) is 11.9 Å². The third kappa shape index (κ3) is 2.46. The summed E-state index contributed by atoms with van der Waals surface area (Å²) in [6.45, 7) is 3.76. The fourth-order valence-electron chi connectivity index (χ4n) is 2.77. The van der Waals surface area contributed by atoms with Gasteiger partial charge in [0, 0.05) is 17.9 Å². The van der Waals surface area contributed by atoms with Gasteiger partial charge in [0.1, 0.15) is 0 Å². The predicted molar refractivity (Wildman–Crippen MR) is 65.6 cm³/mol. The number of hydrogen-bond acceptors (Lipinski definition) is 1. The van der Waals surface area contributed by atoms with Crippen LogP contribution in [0.1, 0.15) is 37.8 Å². The number of rotatable bonds is 2. The van der Waals surface area contributed by atoms with Crippen molar-refractivity contribution in [1.82, 2.24) is 5.32 Å². The van der Waals surface area contributed by atoms with E-state index in [1.807, 2.05) is 13.8 Å². The highest BCUT2D eigenvalue weighted by molar-refractivity contribution is 5.81. The van der Waals surface area contributed by atoms with E-state index in [1.165, 1.54) is 6.07 Å². The molecule has 1 aromatic rings. The Morgan fingerprint density at radius 1 is 1.42 bits per heavy atom. The Morgan fingerprint density at radius 3 is 2.68 bits per heavy atom. The summed E-state index contributed by atoms with van der Waals surface area (Å²) in [5.74, 6) is -0.105. The standard InChI is InChI=1S/C14H16F3NO/c1-3-11-13(2,8-12(19)18-11)9-5-4-6-10(7-9)14(15,16)17/h4-7,11H,3,8H2,1-2H3,(H,18,19). The zero-order valence-corrected chi connectivity index (χ0v) is 10.8. The van der Waals surface area contributed by atoms with E-state index in [-0.39, 0.29) is 18.4 Å². The highest BCUT2D eigenvalue weighted by Gasteiger charge is 2.44. The molecule has 1 amide bonds. The average molecular weight is 271 g/mol. The van der Waals surface area contributed by atoms with Crippen molar-refractivity contribution in [3.63, 3.8) is 0 Å². The summed E-state index contributed by atoms with van der Waals surface area (Å²) >= 11 is 0. The molecule has 1 N–H and O–H groups in total. The van der Waals surface area contributed by atoms with E-state index in [1.54, 1.807) is 6.07 Å². The zero-order chi connectivity index (χ0) is 14.3. The number of halogens is 3. The molecular weight excluding hydrogens is 255 g/mol. The molecule has 1 aromatic carbocycles. The molecule has 0 aliphatic carbocycles. The number of carbonyl (C=O) groups is 1. The Kier molecular flexibility index (Phi) is 3.32. The van der Waals surface area contributed by atoms with E-state index in [2.05, 4.69) is 5.32 Å². The van der Waals surface area contributed by atoms with Crippen molar-refractivity contribution < 1.29 is 18.0 Å². The van der Waals surface area contributed by atoms with Crippen LogP contribution in [0.5, 0.6) is 0 Å². The lowest BCUT2D eigenvalue weighted by atomic mass is 9.75. The molecule has 0 spiro atoms. The molecule has 5 heteroatoms. The van der Waals surface area contributed by atoms with Gasteiger partial charge in [-0.2, -0.15) is 13.2 Å². The topological polar surface area (TPSA) is 29.1 Å². The second-order valence-electron chi connectivity index (χ2n) is 5.20. The second-order valence-corrected chi connectivity index (χ2v) is 5.20. The highest BCUT2D eigenvalue weighted by Crippen LogP contribution is 2.39. The predicted octanol–water partition coefficient (Wildman–Crippen LogP) is 3.26. The normalized spacial score (nSPS) is 27.4. The smallest absolute Gasteiger partial charge is 0.352 e. The average Bonchev–Trinajstić information content (AvgIpc) is 2.64. The largest absolute Gasteiger partial charge is 0.416 e. The SMILES string of the molecule is CCC1NC(=O)CC1(C)c1cccc(C(F)(F)F)c1. The number of carbonyl (C=O) groups excluding carboxylic acids is 1. The van der Waals surface area contributed by atoms with E-state index >= 15 is 0 Å². The summed E-state index contributed by atoms with van der Waals surface area (Å²) in [7, 11) is 0. The van der Waals surface area contributed by atoms with Crippen LogP contribution in [0.25, 0.3) is 0 Å². The Balaban J connectivity index is 2.43. The molecule has 104 valence electrons. The fraction of sp³-hybridized carbons (Fsp3) is 0.500. The van der Waals surface area contributed by atoms with Crippen molar-refractivity contribution in [3.05, 3.63) is 35.4 Å². The van der Waals surface area contributed by atoms with Gasteiger partial charge in [0.05, 0.1) is 5.56 Å². The van der Waals surface area contributed by atoms with Gasteiger partial charge in [-0.1, -0.05) is 32.0 Å². The minimum Gasteiger partial charge on any atom is -0.352 e. The van der Waals surface area contributed by atoms with Gasteiger partial charge in [-0.3, -0.25) is 4.79 Å². The van der Waals surface area contributed by atoms with E-state index in [9.17, 15) is 18.0 Å². The minimum absolute atomic E-state index is 0.105. The van der Waals surface area contributed by atoms with Crippen LogP contribution in [-0.2, 0) is 16.4 Å². The van der Waals surface area contributed by atoms with E-state index < -0.39 is 17.2 Å². The van der Waals surface area contributed by atoms with Gasteiger partial charge in [0.15, 0.2) is 0 Å². The van der Waals surface area contributed by atoms with Gasteiger partial charge < -0.3 is 5.32 Å². The van der Waals surface area contributed by atoms with Crippen LogP contribution in [0.4, 0.5) is 13.2 Å². The monoisotopic (exact) mass is 271 g/mol. The van der Waals surface area contributed by atoms with Crippen LogP contribution in [0.3, 0.4) is 0 Å². The Bertz CT molecular complexity index is 498. The number of amides is 1. The van der Waals surface area contributed by atoms with Gasteiger partial charge in [-0.15, -0.1) is 0 Å². The van der Waals surface area contributed by atoms with Gasteiger partial charge in [-0.25, -0.2) is 0 Å². The summed E-state index contributed by atoms with van der Waals surface area (Å²) in [5, 5.41) is 2.83. The van der Waals surface area contributed by atoms with Crippen molar-refractivity contribution in [2.24, 2.45) is 0 Å². The van der Waals surface area contributed by atoms with Gasteiger partial charge in [0.2, 0.25) is 5.91 Å². The number of nitrogens with one attached hydrogen (secondary N) is 1. The maximum Gasteiger partial charge on any atom is 0.416 e. The van der Waals surface area contributed by atoms with Crippen LogP contribution in [0, 0.1) is 0 Å². The maximum absolute atomic E-state index is 12.8. The molecule has 1 saturated heterocycles. The number of benzene rings is 1. The molecule has 1 aliphatic heterocycles. The first-order valence-corrected chi connectivity index (χ1v) is 6.24. The second kappa shape index (κ2) is 4.54. The van der Waals surface area contributed by atoms with Crippen LogP contribution in [0.15, 0.2) is 24.3 Å². The zero-order valence-electron chi connectivity index (χ0n) is 10.8. The molecule has 2 nitrogen and oxygen atoms in total. The molecule has 2 atom stereocenters. The van der Waals surface area contributed by atoms with Crippen molar-refractivity contribution in [2.45, 2.75) is 44.3 Å². The van der Waals surface area contributed by atoms with Crippen LogP contribution >= 0.6 is 0 Å². The van der Waals surface area contributed by atoms with Crippen molar-refractivity contribution in [2.75, 3.05) is 0 Å².